The van der Waals surface area contributed by atoms with Crippen LogP contribution in [0.3, 0.4) is 0 Å². The number of amides is 1. The van der Waals surface area contributed by atoms with Gasteiger partial charge in [0.05, 0.1) is 18.2 Å². The molecule has 0 saturated heterocycles. The van der Waals surface area contributed by atoms with Gasteiger partial charge in [-0.05, 0) is 55.3 Å². The second-order valence-corrected chi connectivity index (χ2v) is 5.53. The van der Waals surface area contributed by atoms with E-state index in [1.165, 1.54) is 0 Å². The Balaban J connectivity index is 1.91. The molecule has 2 rings (SSSR count). The number of benzene rings is 2. The summed E-state index contributed by atoms with van der Waals surface area (Å²) in [5, 5.41) is 8.78. The van der Waals surface area contributed by atoms with E-state index in [0.717, 1.165) is 16.9 Å². The molecule has 1 amide bonds. The van der Waals surface area contributed by atoms with Crippen molar-refractivity contribution in [1.82, 2.24) is 4.90 Å². The lowest BCUT2D eigenvalue weighted by Gasteiger charge is -2.18. The Hall–Kier alpha value is -2.80. The molecule has 0 spiro atoms. The van der Waals surface area contributed by atoms with E-state index in [1.807, 2.05) is 38.1 Å². The molecule has 0 saturated carbocycles. The SMILES string of the molecule is Cc1ccc(C)c(OCCN(C)C(=O)c2ccc(C#N)cc2)c1. The van der Waals surface area contributed by atoms with E-state index >= 15 is 0 Å². The van der Waals surface area contributed by atoms with Gasteiger partial charge in [0.2, 0.25) is 0 Å². The maximum Gasteiger partial charge on any atom is 0.253 e. The lowest BCUT2D eigenvalue weighted by atomic mass is 10.1. The van der Waals surface area contributed by atoms with Crippen LogP contribution < -0.4 is 4.74 Å². The van der Waals surface area contributed by atoms with E-state index in [1.54, 1.807) is 36.2 Å². The van der Waals surface area contributed by atoms with Gasteiger partial charge in [-0.1, -0.05) is 12.1 Å². The average Bonchev–Trinajstić information content (AvgIpc) is 2.57. The highest BCUT2D eigenvalue weighted by molar-refractivity contribution is 5.94. The highest BCUT2D eigenvalue weighted by Gasteiger charge is 2.11. The van der Waals surface area contributed by atoms with Gasteiger partial charge in [-0.2, -0.15) is 5.26 Å². The fourth-order valence-corrected chi connectivity index (χ4v) is 2.16. The number of hydrogen-bond donors (Lipinski definition) is 0. The van der Waals surface area contributed by atoms with Gasteiger partial charge >= 0.3 is 0 Å². The molecule has 23 heavy (non-hydrogen) atoms. The van der Waals surface area contributed by atoms with Crippen LogP contribution in [0.1, 0.15) is 27.0 Å². The van der Waals surface area contributed by atoms with Crippen LogP contribution in [0.25, 0.3) is 0 Å². The highest BCUT2D eigenvalue weighted by atomic mass is 16.5. The number of rotatable bonds is 5. The third-order valence-corrected chi connectivity index (χ3v) is 3.64. The minimum atomic E-state index is -0.0842. The van der Waals surface area contributed by atoms with E-state index in [9.17, 15) is 4.79 Å². The van der Waals surface area contributed by atoms with Crippen LogP contribution in [0.5, 0.6) is 5.75 Å². The molecule has 0 fully saturated rings. The van der Waals surface area contributed by atoms with Crippen LogP contribution in [0, 0.1) is 25.2 Å². The molecule has 118 valence electrons. The van der Waals surface area contributed by atoms with Gasteiger partial charge in [-0.25, -0.2) is 0 Å². The largest absolute Gasteiger partial charge is 0.491 e. The Labute approximate surface area is 136 Å². The summed E-state index contributed by atoms with van der Waals surface area (Å²) in [5.74, 6) is 0.767. The standard InChI is InChI=1S/C19H20N2O2/c1-14-4-5-15(2)18(12-14)23-11-10-21(3)19(22)17-8-6-16(13-20)7-9-17/h4-9,12H,10-11H2,1-3H3. The van der Waals surface area contributed by atoms with E-state index < -0.39 is 0 Å². The first-order chi connectivity index (χ1) is 11.0. The van der Waals surface area contributed by atoms with E-state index in [-0.39, 0.29) is 5.91 Å². The summed E-state index contributed by atoms with van der Waals surface area (Å²) in [5.41, 5.74) is 3.34. The van der Waals surface area contributed by atoms with Crippen LogP contribution in [-0.4, -0.2) is 31.0 Å². The number of carbonyl (C=O) groups excluding carboxylic acids is 1. The van der Waals surface area contributed by atoms with Crippen molar-refractivity contribution in [2.24, 2.45) is 0 Å². The Kier molecular flexibility index (Phi) is 5.37. The zero-order valence-electron chi connectivity index (χ0n) is 13.7. The summed E-state index contributed by atoms with van der Waals surface area (Å²) >= 11 is 0. The Bertz CT molecular complexity index is 730. The molecule has 4 heteroatoms. The molecule has 4 nitrogen and oxygen atoms in total. The summed E-state index contributed by atoms with van der Waals surface area (Å²) in [6.45, 7) is 4.95. The maximum absolute atomic E-state index is 12.3. The molecule has 2 aromatic carbocycles. The Morgan fingerprint density at radius 1 is 1.17 bits per heavy atom. The summed E-state index contributed by atoms with van der Waals surface area (Å²) in [7, 11) is 1.74. The molecule has 0 unspecified atom stereocenters. The maximum atomic E-state index is 12.3. The van der Waals surface area contributed by atoms with Crippen molar-refractivity contribution in [3.05, 3.63) is 64.7 Å². The minimum absolute atomic E-state index is 0.0842. The zero-order valence-corrected chi connectivity index (χ0v) is 13.7. The van der Waals surface area contributed by atoms with Gasteiger partial charge in [0.25, 0.3) is 5.91 Å². The number of ether oxygens (including phenoxy) is 1. The highest BCUT2D eigenvalue weighted by Crippen LogP contribution is 2.19. The van der Waals surface area contributed by atoms with E-state index in [4.69, 9.17) is 10.00 Å². The van der Waals surface area contributed by atoms with E-state index in [0.29, 0.717) is 24.3 Å². The fourth-order valence-electron chi connectivity index (χ4n) is 2.16. The molecule has 0 radical (unpaired) electrons. The molecular weight excluding hydrogens is 288 g/mol. The smallest absolute Gasteiger partial charge is 0.253 e. The molecular formula is C19H20N2O2. The molecule has 0 bridgehead atoms. The summed E-state index contributed by atoms with van der Waals surface area (Å²) in [6.07, 6.45) is 0. The molecule has 0 aliphatic carbocycles. The number of carbonyl (C=O) groups is 1. The predicted molar refractivity (Wildman–Crippen MR) is 89.5 cm³/mol. The average molecular weight is 308 g/mol. The van der Waals surface area contributed by atoms with Crippen molar-refractivity contribution in [2.45, 2.75) is 13.8 Å². The van der Waals surface area contributed by atoms with Gasteiger partial charge in [-0.15, -0.1) is 0 Å². The van der Waals surface area contributed by atoms with Crippen LogP contribution >= 0.6 is 0 Å². The van der Waals surface area contributed by atoms with Gasteiger partial charge in [0.1, 0.15) is 12.4 Å². The molecule has 2 aromatic rings. The second-order valence-electron chi connectivity index (χ2n) is 5.53. The van der Waals surface area contributed by atoms with Crippen molar-refractivity contribution in [1.29, 1.82) is 5.26 Å². The second kappa shape index (κ2) is 7.46. The van der Waals surface area contributed by atoms with Gasteiger partial charge in [0.15, 0.2) is 0 Å². The van der Waals surface area contributed by atoms with Crippen molar-refractivity contribution >= 4 is 5.91 Å². The molecule has 0 aromatic heterocycles. The van der Waals surface area contributed by atoms with Crippen LogP contribution in [0.4, 0.5) is 0 Å². The number of nitriles is 1. The number of likely N-dealkylation sites (N-methyl/N-ethyl adjacent to an activating group) is 1. The van der Waals surface area contributed by atoms with Gasteiger partial charge in [0, 0.05) is 12.6 Å². The van der Waals surface area contributed by atoms with Crippen LogP contribution in [-0.2, 0) is 0 Å². The molecule has 0 N–H and O–H groups in total. The summed E-state index contributed by atoms with van der Waals surface area (Å²) in [6, 6.07) is 14.7. The quantitative estimate of drug-likeness (QED) is 0.851. The summed E-state index contributed by atoms with van der Waals surface area (Å²) < 4.78 is 5.77. The number of aryl methyl sites for hydroxylation is 2. The Morgan fingerprint density at radius 3 is 2.52 bits per heavy atom. The Morgan fingerprint density at radius 2 is 1.87 bits per heavy atom. The first-order valence-electron chi connectivity index (χ1n) is 7.47. The topological polar surface area (TPSA) is 53.3 Å². The molecule has 0 heterocycles. The summed E-state index contributed by atoms with van der Waals surface area (Å²) in [4.78, 5) is 13.9. The van der Waals surface area contributed by atoms with Gasteiger partial charge < -0.3 is 9.64 Å². The lowest BCUT2D eigenvalue weighted by molar-refractivity contribution is 0.0773. The van der Waals surface area contributed by atoms with E-state index in [2.05, 4.69) is 0 Å². The molecule has 0 atom stereocenters. The fraction of sp³-hybridized carbons (Fsp3) is 0.263. The molecule has 0 aliphatic rings. The first-order valence-corrected chi connectivity index (χ1v) is 7.47. The van der Waals surface area contributed by atoms with Crippen LogP contribution in [0.15, 0.2) is 42.5 Å². The third-order valence-electron chi connectivity index (χ3n) is 3.64. The van der Waals surface area contributed by atoms with Gasteiger partial charge in [-0.3, -0.25) is 4.79 Å². The number of nitrogens with zero attached hydrogens (tertiary/aromatic N) is 2. The predicted octanol–water partition coefficient (Wildman–Crippen LogP) is 3.33. The zero-order chi connectivity index (χ0) is 16.8. The lowest BCUT2D eigenvalue weighted by Crippen LogP contribution is -2.30. The van der Waals surface area contributed by atoms with Crippen molar-refractivity contribution in [3.63, 3.8) is 0 Å². The minimum Gasteiger partial charge on any atom is -0.491 e. The van der Waals surface area contributed by atoms with Crippen molar-refractivity contribution in [3.8, 4) is 11.8 Å². The third kappa shape index (κ3) is 4.33. The number of hydrogen-bond acceptors (Lipinski definition) is 3. The van der Waals surface area contributed by atoms with Crippen molar-refractivity contribution < 1.29 is 9.53 Å². The molecule has 0 aliphatic heterocycles. The van der Waals surface area contributed by atoms with Crippen LogP contribution in [0.2, 0.25) is 0 Å². The normalized spacial score (nSPS) is 10.0. The monoisotopic (exact) mass is 308 g/mol. The first kappa shape index (κ1) is 16.6. The van der Waals surface area contributed by atoms with Crippen molar-refractivity contribution in [2.75, 3.05) is 20.2 Å².